The Bertz CT molecular complexity index is 568. The Morgan fingerprint density at radius 3 is 2.56 bits per heavy atom. The summed E-state index contributed by atoms with van der Waals surface area (Å²) in [6.07, 6.45) is 0. The van der Waals surface area contributed by atoms with E-state index in [0.29, 0.717) is 27.1 Å². The van der Waals surface area contributed by atoms with Crippen LogP contribution in [0.2, 0.25) is 10.0 Å². The topological polar surface area (TPSA) is 29.5 Å². The van der Waals surface area contributed by atoms with Crippen molar-refractivity contribution in [2.75, 3.05) is 0 Å². The third-order valence-corrected chi connectivity index (χ3v) is 3.11. The van der Waals surface area contributed by atoms with E-state index in [9.17, 15) is 5.11 Å². The van der Waals surface area contributed by atoms with E-state index in [1.165, 1.54) is 0 Å². The molecule has 0 radical (unpaired) electrons. The zero-order valence-electron chi connectivity index (χ0n) is 9.78. The van der Waals surface area contributed by atoms with Crippen molar-refractivity contribution in [3.8, 4) is 11.5 Å². The maximum atomic E-state index is 9.26. The van der Waals surface area contributed by atoms with Crippen LogP contribution in [0, 0.1) is 6.92 Å². The first-order chi connectivity index (χ1) is 8.61. The summed E-state index contributed by atoms with van der Waals surface area (Å²) < 4.78 is 5.69. The molecule has 0 saturated carbocycles. The van der Waals surface area contributed by atoms with Crippen molar-refractivity contribution in [2.24, 2.45) is 0 Å². The molecule has 0 atom stereocenters. The molecule has 2 rings (SSSR count). The van der Waals surface area contributed by atoms with Crippen LogP contribution in [-0.2, 0) is 6.61 Å². The van der Waals surface area contributed by atoms with Crippen molar-refractivity contribution >= 4 is 23.2 Å². The summed E-state index contributed by atoms with van der Waals surface area (Å²) in [5, 5.41) is 10.2. The fourth-order valence-electron chi connectivity index (χ4n) is 1.59. The number of ether oxygens (including phenoxy) is 1. The molecule has 0 fully saturated rings. The maximum Gasteiger partial charge on any atom is 0.151 e. The number of aliphatic hydroxyl groups excluding tert-OH is 1. The highest BCUT2D eigenvalue weighted by atomic mass is 35.5. The number of aryl methyl sites for hydroxylation is 1. The van der Waals surface area contributed by atoms with Crippen molar-refractivity contribution in [1.29, 1.82) is 0 Å². The third-order valence-electron chi connectivity index (χ3n) is 2.52. The van der Waals surface area contributed by atoms with Crippen LogP contribution in [0.5, 0.6) is 11.5 Å². The quantitative estimate of drug-likeness (QED) is 0.893. The summed E-state index contributed by atoms with van der Waals surface area (Å²) in [6.45, 7) is 1.81. The Labute approximate surface area is 116 Å². The molecule has 0 aliphatic rings. The Hall–Kier alpha value is -1.22. The minimum absolute atomic E-state index is 0.140. The average molecular weight is 283 g/mol. The molecule has 0 aromatic heterocycles. The van der Waals surface area contributed by atoms with E-state index >= 15 is 0 Å². The first kappa shape index (κ1) is 13.2. The van der Waals surface area contributed by atoms with Crippen molar-refractivity contribution in [3.63, 3.8) is 0 Å². The van der Waals surface area contributed by atoms with Gasteiger partial charge in [0.2, 0.25) is 0 Å². The lowest BCUT2D eigenvalue weighted by Gasteiger charge is -2.12. The number of hydrogen-bond acceptors (Lipinski definition) is 2. The molecular formula is C14H12Cl2O2. The number of benzene rings is 2. The van der Waals surface area contributed by atoms with Gasteiger partial charge in [-0.3, -0.25) is 0 Å². The molecule has 4 heteroatoms. The Morgan fingerprint density at radius 1 is 1.11 bits per heavy atom. The second kappa shape index (κ2) is 5.61. The highest BCUT2D eigenvalue weighted by molar-refractivity contribution is 6.33. The number of aliphatic hydroxyl groups is 1. The summed E-state index contributed by atoms with van der Waals surface area (Å²) in [7, 11) is 0. The van der Waals surface area contributed by atoms with Gasteiger partial charge in [0.25, 0.3) is 0 Å². The summed E-state index contributed by atoms with van der Waals surface area (Å²) in [6, 6.07) is 10.7. The third kappa shape index (κ3) is 2.78. The molecule has 94 valence electrons. The predicted octanol–water partition coefficient (Wildman–Crippen LogP) is 4.59. The van der Waals surface area contributed by atoms with Crippen molar-refractivity contribution in [1.82, 2.24) is 0 Å². The lowest BCUT2D eigenvalue weighted by atomic mass is 10.2. The van der Waals surface area contributed by atoms with Crippen LogP contribution in [0.1, 0.15) is 11.1 Å². The van der Waals surface area contributed by atoms with Gasteiger partial charge in [-0.2, -0.15) is 0 Å². The molecular weight excluding hydrogens is 271 g/mol. The Morgan fingerprint density at radius 2 is 1.89 bits per heavy atom. The van der Waals surface area contributed by atoms with Gasteiger partial charge in [0, 0.05) is 5.56 Å². The highest BCUT2D eigenvalue weighted by Crippen LogP contribution is 2.36. The van der Waals surface area contributed by atoms with E-state index < -0.39 is 0 Å². The molecule has 0 spiro atoms. The molecule has 1 N–H and O–H groups in total. The zero-order chi connectivity index (χ0) is 13.1. The van der Waals surface area contributed by atoms with Gasteiger partial charge in [-0.1, -0.05) is 41.4 Å². The molecule has 0 saturated heterocycles. The van der Waals surface area contributed by atoms with Crippen LogP contribution in [0.15, 0.2) is 36.4 Å². The molecule has 0 aliphatic heterocycles. The van der Waals surface area contributed by atoms with Gasteiger partial charge in [0.05, 0.1) is 16.7 Å². The standard InChI is InChI=1S/C14H12Cl2O2/c1-9-5-6-13(12(16)7-9)18-14-10(8-17)3-2-4-11(14)15/h2-7,17H,8H2,1H3. The summed E-state index contributed by atoms with van der Waals surface area (Å²) in [4.78, 5) is 0. The second-order valence-electron chi connectivity index (χ2n) is 3.92. The van der Waals surface area contributed by atoms with Crippen LogP contribution in [0.25, 0.3) is 0 Å². The molecule has 2 aromatic carbocycles. The minimum atomic E-state index is -0.140. The van der Waals surface area contributed by atoms with Gasteiger partial charge >= 0.3 is 0 Å². The lowest BCUT2D eigenvalue weighted by Crippen LogP contribution is -1.93. The Balaban J connectivity index is 2.39. The molecule has 0 aliphatic carbocycles. The van der Waals surface area contributed by atoms with Crippen LogP contribution in [0.4, 0.5) is 0 Å². The summed E-state index contributed by atoms with van der Waals surface area (Å²) in [5.41, 5.74) is 1.67. The van der Waals surface area contributed by atoms with Crippen LogP contribution >= 0.6 is 23.2 Å². The van der Waals surface area contributed by atoms with Crippen LogP contribution in [0.3, 0.4) is 0 Å². The van der Waals surface area contributed by atoms with Gasteiger partial charge in [-0.25, -0.2) is 0 Å². The first-order valence-corrected chi connectivity index (χ1v) is 6.19. The zero-order valence-corrected chi connectivity index (χ0v) is 11.3. The van der Waals surface area contributed by atoms with Crippen LogP contribution < -0.4 is 4.74 Å². The normalized spacial score (nSPS) is 10.4. The fraction of sp³-hybridized carbons (Fsp3) is 0.143. The summed E-state index contributed by atoms with van der Waals surface area (Å²) >= 11 is 12.2. The van der Waals surface area contributed by atoms with Crippen molar-refractivity contribution in [2.45, 2.75) is 13.5 Å². The van der Waals surface area contributed by atoms with E-state index in [4.69, 9.17) is 27.9 Å². The number of halogens is 2. The molecule has 18 heavy (non-hydrogen) atoms. The van der Waals surface area contributed by atoms with E-state index in [-0.39, 0.29) is 6.61 Å². The largest absolute Gasteiger partial charge is 0.454 e. The van der Waals surface area contributed by atoms with E-state index in [0.717, 1.165) is 5.56 Å². The van der Waals surface area contributed by atoms with Gasteiger partial charge in [0.15, 0.2) is 5.75 Å². The smallest absolute Gasteiger partial charge is 0.151 e. The van der Waals surface area contributed by atoms with Gasteiger partial charge in [0.1, 0.15) is 5.75 Å². The monoisotopic (exact) mass is 282 g/mol. The highest BCUT2D eigenvalue weighted by Gasteiger charge is 2.11. The average Bonchev–Trinajstić information content (AvgIpc) is 2.34. The Kier molecular flexibility index (Phi) is 4.12. The SMILES string of the molecule is Cc1ccc(Oc2c(Cl)cccc2CO)c(Cl)c1. The van der Waals surface area contributed by atoms with Gasteiger partial charge in [-0.05, 0) is 30.7 Å². The minimum Gasteiger partial charge on any atom is -0.454 e. The van der Waals surface area contributed by atoms with Gasteiger partial charge < -0.3 is 9.84 Å². The fourth-order valence-corrected chi connectivity index (χ4v) is 2.10. The summed E-state index contributed by atoms with van der Waals surface area (Å²) in [5.74, 6) is 0.956. The van der Waals surface area contributed by atoms with E-state index in [2.05, 4.69) is 0 Å². The van der Waals surface area contributed by atoms with Crippen molar-refractivity contribution in [3.05, 3.63) is 57.6 Å². The molecule has 0 amide bonds. The van der Waals surface area contributed by atoms with Crippen molar-refractivity contribution < 1.29 is 9.84 Å². The molecule has 2 nitrogen and oxygen atoms in total. The van der Waals surface area contributed by atoms with Gasteiger partial charge in [-0.15, -0.1) is 0 Å². The lowest BCUT2D eigenvalue weighted by molar-refractivity contribution is 0.276. The number of hydrogen-bond donors (Lipinski definition) is 1. The first-order valence-electron chi connectivity index (χ1n) is 5.44. The number of para-hydroxylation sites is 1. The molecule has 2 aromatic rings. The second-order valence-corrected chi connectivity index (χ2v) is 4.74. The van der Waals surface area contributed by atoms with E-state index in [1.807, 2.05) is 19.1 Å². The maximum absolute atomic E-state index is 9.26. The number of rotatable bonds is 3. The molecule has 0 unspecified atom stereocenters. The molecule has 0 bridgehead atoms. The molecule has 0 heterocycles. The van der Waals surface area contributed by atoms with E-state index in [1.54, 1.807) is 24.3 Å². The van der Waals surface area contributed by atoms with Crippen LogP contribution in [-0.4, -0.2) is 5.11 Å². The predicted molar refractivity (Wildman–Crippen MR) is 73.6 cm³/mol.